The molecule has 0 aliphatic heterocycles. The molecule has 0 atom stereocenters. The first-order chi connectivity index (χ1) is 16.8. The molecule has 0 heterocycles. The monoisotopic (exact) mass is 507 g/mol. The van der Waals surface area contributed by atoms with Crippen LogP contribution in [-0.2, 0) is 14.8 Å². The molecule has 0 fully saturated rings. The number of fused-ring (bicyclic) bond motifs is 1. The molecule has 4 aromatic rings. The molecule has 7 nitrogen and oxygen atoms in total. The third-order valence-electron chi connectivity index (χ3n) is 5.46. The van der Waals surface area contributed by atoms with Crippen LogP contribution in [0.15, 0.2) is 94.9 Å². The molecule has 0 aliphatic carbocycles. The van der Waals surface area contributed by atoms with Gasteiger partial charge in [0.15, 0.2) is 0 Å². The molecule has 0 aromatic heterocycles. The van der Waals surface area contributed by atoms with Crippen LogP contribution in [0.4, 0.5) is 5.69 Å². The molecule has 0 bridgehead atoms. The minimum absolute atomic E-state index is 0.00420. The van der Waals surface area contributed by atoms with E-state index in [9.17, 15) is 18.3 Å². The van der Waals surface area contributed by atoms with Gasteiger partial charge < -0.3 is 5.11 Å². The highest BCUT2D eigenvalue weighted by Gasteiger charge is 2.28. The lowest BCUT2D eigenvalue weighted by molar-refractivity contribution is -0.119. The predicted molar refractivity (Wildman–Crippen MR) is 139 cm³/mol. The van der Waals surface area contributed by atoms with Crippen molar-refractivity contribution >= 4 is 50.2 Å². The van der Waals surface area contributed by atoms with Crippen molar-refractivity contribution in [2.45, 2.75) is 11.8 Å². The maximum absolute atomic E-state index is 13.4. The summed E-state index contributed by atoms with van der Waals surface area (Å²) in [6.45, 7) is 1.15. The number of hydrogen-bond donors (Lipinski definition) is 2. The van der Waals surface area contributed by atoms with Crippen LogP contribution in [0.5, 0.6) is 5.75 Å². The molecular weight excluding hydrogens is 486 g/mol. The lowest BCUT2D eigenvalue weighted by Gasteiger charge is -2.25. The molecule has 0 aliphatic rings. The Bertz CT molecular complexity index is 1520. The van der Waals surface area contributed by atoms with E-state index in [4.69, 9.17) is 11.6 Å². The van der Waals surface area contributed by atoms with Crippen molar-refractivity contribution in [1.29, 1.82) is 0 Å². The zero-order valence-corrected chi connectivity index (χ0v) is 20.3. The first kappa shape index (κ1) is 24.3. The second kappa shape index (κ2) is 10.2. The Morgan fingerprint density at radius 3 is 2.49 bits per heavy atom. The number of halogens is 1. The van der Waals surface area contributed by atoms with Gasteiger partial charge in [-0.05, 0) is 53.6 Å². The molecular formula is C26H22ClN3O4S. The Kier molecular flexibility index (Phi) is 7.04. The van der Waals surface area contributed by atoms with E-state index < -0.39 is 22.5 Å². The van der Waals surface area contributed by atoms with Crippen molar-refractivity contribution in [3.63, 3.8) is 0 Å². The lowest BCUT2D eigenvalue weighted by Crippen LogP contribution is -2.40. The van der Waals surface area contributed by atoms with Crippen molar-refractivity contribution in [3.05, 3.63) is 101 Å². The number of phenols is 1. The number of hydrogen-bond acceptors (Lipinski definition) is 5. The Balaban J connectivity index is 1.62. The van der Waals surface area contributed by atoms with E-state index in [2.05, 4.69) is 10.5 Å². The number of aromatic hydroxyl groups is 1. The van der Waals surface area contributed by atoms with E-state index in [-0.39, 0.29) is 16.3 Å². The van der Waals surface area contributed by atoms with Crippen molar-refractivity contribution in [2.75, 3.05) is 10.8 Å². The smallest absolute Gasteiger partial charge is 0.264 e. The summed E-state index contributed by atoms with van der Waals surface area (Å²) in [5.74, 6) is -0.663. The highest BCUT2D eigenvalue weighted by atomic mass is 35.5. The molecule has 0 radical (unpaired) electrons. The Morgan fingerprint density at radius 1 is 1.00 bits per heavy atom. The number of carbonyl (C=O) groups excluding carboxylic acids is 1. The number of carbonyl (C=O) groups is 1. The zero-order valence-electron chi connectivity index (χ0n) is 18.7. The number of anilines is 1. The third kappa shape index (κ3) is 5.13. The summed E-state index contributed by atoms with van der Waals surface area (Å²) in [7, 11) is -4.08. The summed E-state index contributed by atoms with van der Waals surface area (Å²) in [4.78, 5) is 12.9. The Labute approximate surface area is 208 Å². The summed E-state index contributed by atoms with van der Waals surface area (Å²) in [6.07, 6.45) is 1.33. The minimum Gasteiger partial charge on any atom is -0.507 e. The standard InChI is InChI=1S/C26H22ClN3O4S/c1-18-23(27)12-7-13-24(18)30(35(33,34)20-9-3-2-4-10-20)17-26(32)29-28-16-22-21-11-6-5-8-19(21)14-15-25(22)31/h2-16,31H,17H2,1H3,(H,29,32)/b28-16+. The van der Waals surface area contributed by atoms with Gasteiger partial charge in [-0.15, -0.1) is 0 Å². The number of amides is 1. The van der Waals surface area contributed by atoms with Crippen LogP contribution < -0.4 is 9.73 Å². The van der Waals surface area contributed by atoms with Crippen LogP contribution in [0.1, 0.15) is 11.1 Å². The summed E-state index contributed by atoms with van der Waals surface area (Å²) in [6, 6.07) is 23.5. The number of rotatable bonds is 7. The van der Waals surface area contributed by atoms with Gasteiger partial charge in [-0.25, -0.2) is 13.8 Å². The highest BCUT2D eigenvalue weighted by Crippen LogP contribution is 2.31. The summed E-state index contributed by atoms with van der Waals surface area (Å²) in [5, 5.41) is 16.2. The lowest BCUT2D eigenvalue weighted by atomic mass is 10.0. The number of nitrogens with one attached hydrogen (secondary N) is 1. The minimum atomic E-state index is -4.08. The number of hydrazone groups is 1. The first-order valence-electron chi connectivity index (χ1n) is 10.6. The first-order valence-corrected chi connectivity index (χ1v) is 12.5. The van der Waals surface area contributed by atoms with E-state index >= 15 is 0 Å². The van der Waals surface area contributed by atoms with E-state index in [1.54, 1.807) is 55.5 Å². The van der Waals surface area contributed by atoms with Gasteiger partial charge in [-0.3, -0.25) is 9.10 Å². The molecule has 0 saturated carbocycles. The molecule has 0 saturated heterocycles. The summed E-state index contributed by atoms with van der Waals surface area (Å²) in [5.41, 5.74) is 3.60. The van der Waals surface area contributed by atoms with Gasteiger partial charge in [0.25, 0.3) is 15.9 Å². The Hall–Kier alpha value is -3.88. The van der Waals surface area contributed by atoms with E-state index in [0.29, 0.717) is 16.1 Å². The van der Waals surface area contributed by atoms with Crippen LogP contribution in [0, 0.1) is 6.92 Å². The van der Waals surface area contributed by atoms with E-state index in [1.807, 2.05) is 24.3 Å². The number of benzene rings is 4. The van der Waals surface area contributed by atoms with Gasteiger partial charge in [0.1, 0.15) is 12.3 Å². The van der Waals surface area contributed by atoms with Crippen molar-refractivity contribution in [1.82, 2.24) is 5.43 Å². The largest absolute Gasteiger partial charge is 0.507 e. The molecule has 4 rings (SSSR count). The predicted octanol–water partition coefficient (Wildman–Crippen LogP) is 4.85. The number of nitrogens with zero attached hydrogens (tertiary/aromatic N) is 2. The summed E-state index contributed by atoms with van der Waals surface area (Å²) >= 11 is 6.24. The average Bonchev–Trinajstić information content (AvgIpc) is 2.86. The third-order valence-corrected chi connectivity index (χ3v) is 7.64. The molecule has 9 heteroatoms. The van der Waals surface area contributed by atoms with Gasteiger partial charge in [0, 0.05) is 10.6 Å². The fraction of sp³-hybridized carbons (Fsp3) is 0.0769. The summed E-state index contributed by atoms with van der Waals surface area (Å²) < 4.78 is 27.9. The molecule has 0 spiro atoms. The van der Waals surface area contributed by atoms with Gasteiger partial charge >= 0.3 is 0 Å². The van der Waals surface area contributed by atoms with Gasteiger partial charge in [-0.2, -0.15) is 5.10 Å². The average molecular weight is 508 g/mol. The molecule has 35 heavy (non-hydrogen) atoms. The fourth-order valence-electron chi connectivity index (χ4n) is 3.64. The fourth-order valence-corrected chi connectivity index (χ4v) is 5.31. The van der Waals surface area contributed by atoms with Crippen LogP contribution in [0.25, 0.3) is 10.8 Å². The van der Waals surface area contributed by atoms with Crippen LogP contribution in [0.3, 0.4) is 0 Å². The van der Waals surface area contributed by atoms with Crippen LogP contribution in [-0.4, -0.2) is 32.2 Å². The van der Waals surface area contributed by atoms with Crippen LogP contribution >= 0.6 is 11.6 Å². The van der Waals surface area contributed by atoms with Crippen molar-refractivity contribution < 1.29 is 18.3 Å². The van der Waals surface area contributed by atoms with Crippen molar-refractivity contribution in [2.24, 2.45) is 5.10 Å². The van der Waals surface area contributed by atoms with E-state index in [0.717, 1.165) is 15.1 Å². The molecule has 0 unspecified atom stereocenters. The SMILES string of the molecule is Cc1c(Cl)cccc1N(CC(=O)N/N=C/c1c(O)ccc2ccccc12)S(=O)(=O)c1ccccc1. The molecule has 178 valence electrons. The normalized spacial score (nSPS) is 11.6. The highest BCUT2D eigenvalue weighted by molar-refractivity contribution is 7.92. The van der Waals surface area contributed by atoms with Crippen molar-refractivity contribution in [3.8, 4) is 5.75 Å². The maximum atomic E-state index is 13.4. The topological polar surface area (TPSA) is 99.1 Å². The number of sulfonamides is 1. The molecule has 2 N–H and O–H groups in total. The number of phenolic OH excluding ortho intramolecular Hbond substituents is 1. The Morgan fingerprint density at radius 2 is 1.71 bits per heavy atom. The van der Waals surface area contributed by atoms with Gasteiger partial charge in [0.2, 0.25) is 0 Å². The quantitative estimate of drug-likeness (QED) is 0.276. The maximum Gasteiger partial charge on any atom is 0.264 e. The second-order valence-electron chi connectivity index (χ2n) is 7.72. The molecule has 4 aromatic carbocycles. The molecule has 1 amide bonds. The van der Waals surface area contributed by atoms with Gasteiger partial charge in [-0.1, -0.05) is 66.2 Å². The van der Waals surface area contributed by atoms with Gasteiger partial charge in [0.05, 0.1) is 16.8 Å². The second-order valence-corrected chi connectivity index (χ2v) is 9.99. The van der Waals surface area contributed by atoms with E-state index in [1.165, 1.54) is 18.3 Å². The zero-order chi connectivity index (χ0) is 25.0. The van der Waals surface area contributed by atoms with Crippen LogP contribution in [0.2, 0.25) is 5.02 Å².